The summed E-state index contributed by atoms with van der Waals surface area (Å²) in [5, 5.41) is 14.4. The smallest absolute Gasteiger partial charge is 0.232 e. The number of hydrogen-bond donors (Lipinski definition) is 0. The zero-order chi connectivity index (χ0) is 36.4. The Hall–Kier alpha value is -4.57. The average molecular weight is 746 g/mol. The van der Waals surface area contributed by atoms with Gasteiger partial charge in [-0.05, 0) is 111 Å². The van der Waals surface area contributed by atoms with E-state index in [1.165, 1.54) is 37.7 Å². The molecule has 10 heteroatoms. The standard InChI is InChI=1S/C25H25ClN4.C16H17N3OS.C2H6/c26-22-8-4-7-21(16-22)24-17-27-25-10-9-23(28-30(24)25)15-19-11-13-29(14-12-19)18-20-5-2-1-3-6-20;1-2-4-13(5-3-1)20-16-7-6-15-17-10-14(19(15)18-16)12-8-9-21-11-12;1-2/h1-10,16-17,19H,11-15,18H2;6-11,13H,1-5H2;1-2H3. The van der Waals surface area contributed by atoms with Crippen molar-refractivity contribution in [2.75, 3.05) is 13.1 Å². The van der Waals surface area contributed by atoms with E-state index in [1.807, 2.05) is 71.7 Å². The van der Waals surface area contributed by atoms with Crippen LogP contribution in [0.1, 0.15) is 70.1 Å². The topological polar surface area (TPSA) is 72.9 Å². The molecule has 1 aliphatic carbocycles. The van der Waals surface area contributed by atoms with Crippen LogP contribution < -0.4 is 4.74 Å². The largest absolute Gasteiger partial charge is 0.473 e. The second-order valence-electron chi connectivity index (χ2n) is 13.6. The first-order valence-electron chi connectivity index (χ1n) is 19.0. The lowest BCUT2D eigenvalue weighted by Gasteiger charge is -2.31. The van der Waals surface area contributed by atoms with Crippen LogP contribution in [0, 0.1) is 5.92 Å². The molecular weight excluding hydrogens is 698 g/mol. The molecule has 0 unspecified atom stereocenters. The zero-order valence-corrected chi connectivity index (χ0v) is 32.2. The first-order chi connectivity index (χ1) is 26.1. The van der Waals surface area contributed by atoms with Gasteiger partial charge in [0.2, 0.25) is 5.88 Å². The molecule has 0 N–H and O–H groups in total. The molecular formula is C43H48ClN7OS. The van der Waals surface area contributed by atoms with Gasteiger partial charge in [-0.25, -0.2) is 19.0 Å². The highest BCUT2D eigenvalue weighted by Crippen LogP contribution is 2.27. The lowest BCUT2D eigenvalue weighted by atomic mass is 9.92. The van der Waals surface area contributed by atoms with E-state index in [9.17, 15) is 0 Å². The molecule has 274 valence electrons. The highest BCUT2D eigenvalue weighted by atomic mass is 35.5. The third kappa shape index (κ3) is 9.33. The third-order valence-electron chi connectivity index (χ3n) is 9.99. The van der Waals surface area contributed by atoms with Gasteiger partial charge in [-0.3, -0.25) is 4.90 Å². The first-order valence-corrected chi connectivity index (χ1v) is 20.4. The number of rotatable bonds is 8. The molecule has 0 bridgehead atoms. The van der Waals surface area contributed by atoms with Crippen LogP contribution in [-0.4, -0.2) is 53.3 Å². The average Bonchev–Trinajstić information content (AvgIpc) is 3.98. The number of hydrogen-bond acceptors (Lipinski definition) is 7. The lowest BCUT2D eigenvalue weighted by Crippen LogP contribution is -2.34. The van der Waals surface area contributed by atoms with Crippen molar-refractivity contribution in [1.82, 2.24) is 34.1 Å². The van der Waals surface area contributed by atoms with Crippen molar-refractivity contribution in [2.45, 2.75) is 77.9 Å². The van der Waals surface area contributed by atoms with Crippen LogP contribution in [-0.2, 0) is 13.0 Å². The van der Waals surface area contributed by atoms with Crippen molar-refractivity contribution in [3.05, 3.63) is 124 Å². The minimum atomic E-state index is 0.316. The van der Waals surface area contributed by atoms with Gasteiger partial charge >= 0.3 is 0 Å². The number of fused-ring (bicyclic) bond motifs is 2. The Morgan fingerprint density at radius 1 is 0.736 bits per heavy atom. The van der Waals surface area contributed by atoms with Crippen molar-refractivity contribution in [3.63, 3.8) is 0 Å². The molecule has 6 heterocycles. The van der Waals surface area contributed by atoms with Crippen LogP contribution in [0.25, 0.3) is 33.8 Å². The van der Waals surface area contributed by atoms with E-state index in [4.69, 9.17) is 21.4 Å². The van der Waals surface area contributed by atoms with Gasteiger partial charge in [-0.2, -0.15) is 16.4 Å². The van der Waals surface area contributed by atoms with Gasteiger partial charge in [-0.15, -0.1) is 5.10 Å². The maximum absolute atomic E-state index is 6.18. The highest BCUT2D eigenvalue weighted by molar-refractivity contribution is 7.08. The van der Waals surface area contributed by atoms with E-state index >= 15 is 0 Å². The van der Waals surface area contributed by atoms with E-state index in [2.05, 4.69) is 79.3 Å². The van der Waals surface area contributed by atoms with Gasteiger partial charge in [0, 0.05) is 34.1 Å². The summed E-state index contributed by atoms with van der Waals surface area (Å²) < 4.78 is 9.87. The summed E-state index contributed by atoms with van der Waals surface area (Å²) >= 11 is 7.86. The number of ether oxygens (including phenoxy) is 1. The van der Waals surface area contributed by atoms with Crippen molar-refractivity contribution in [3.8, 4) is 28.4 Å². The number of benzene rings is 2. The van der Waals surface area contributed by atoms with Crippen molar-refractivity contribution in [1.29, 1.82) is 0 Å². The number of likely N-dealkylation sites (tertiary alicyclic amines) is 1. The van der Waals surface area contributed by atoms with E-state index in [0.717, 1.165) is 83.4 Å². The van der Waals surface area contributed by atoms with E-state index in [1.54, 1.807) is 11.3 Å². The second-order valence-corrected chi connectivity index (χ2v) is 14.8. The van der Waals surface area contributed by atoms with Crippen LogP contribution in [0.15, 0.2) is 108 Å². The lowest BCUT2D eigenvalue weighted by molar-refractivity contribution is 0.147. The number of imidazole rings is 2. The maximum atomic E-state index is 6.18. The molecule has 2 aliphatic rings. The Morgan fingerprint density at radius 2 is 1.45 bits per heavy atom. The van der Waals surface area contributed by atoms with E-state index < -0.39 is 0 Å². The van der Waals surface area contributed by atoms with Crippen molar-refractivity contribution < 1.29 is 4.74 Å². The summed E-state index contributed by atoms with van der Waals surface area (Å²) in [6.07, 6.45) is 13.7. The van der Waals surface area contributed by atoms with Gasteiger partial charge in [0.05, 0.1) is 29.5 Å². The molecule has 0 amide bonds. The number of piperidine rings is 1. The van der Waals surface area contributed by atoms with Crippen LogP contribution in [0.4, 0.5) is 0 Å². The predicted octanol–water partition coefficient (Wildman–Crippen LogP) is 10.7. The van der Waals surface area contributed by atoms with Crippen molar-refractivity contribution >= 4 is 34.2 Å². The summed E-state index contributed by atoms with van der Waals surface area (Å²) in [7, 11) is 0. The summed E-state index contributed by atoms with van der Waals surface area (Å²) in [4.78, 5) is 11.5. The molecule has 1 saturated carbocycles. The molecule has 2 aromatic carbocycles. The molecule has 5 aromatic heterocycles. The fraction of sp³-hybridized carbons (Fsp3) is 0.349. The summed E-state index contributed by atoms with van der Waals surface area (Å²) in [5.41, 5.74) is 8.43. The molecule has 1 aliphatic heterocycles. The quantitative estimate of drug-likeness (QED) is 0.154. The highest BCUT2D eigenvalue weighted by Gasteiger charge is 2.21. The Morgan fingerprint density at radius 3 is 2.17 bits per heavy atom. The normalized spacial score (nSPS) is 15.5. The Bertz CT molecular complexity index is 2170. The molecule has 0 atom stereocenters. The molecule has 9 rings (SSSR count). The van der Waals surface area contributed by atoms with E-state index in [0.29, 0.717) is 17.9 Å². The first kappa shape index (κ1) is 36.8. The number of nitrogens with zero attached hydrogens (tertiary/aromatic N) is 7. The third-order valence-corrected chi connectivity index (χ3v) is 10.9. The minimum absolute atomic E-state index is 0.316. The minimum Gasteiger partial charge on any atom is -0.473 e. The molecule has 1 saturated heterocycles. The maximum Gasteiger partial charge on any atom is 0.232 e. The zero-order valence-electron chi connectivity index (χ0n) is 30.7. The Balaban J connectivity index is 0.000000166. The molecule has 0 spiro atoms. The monoisotopic (exact) mass is 745 g/mol. The van der Waals surface area contributed by atoms with Crippen LogP contribution >= 0.6 is 22.9 Å². The Labute approximate surface area is 321 Å². The number of thiophene rings is 1. The van der Waals surface area contributed by atoms with Crippen LogP contribution in [0.3, 0.4) is 0 Å². The fourth-order valence-corrected chi connectivity index (χ4v) is 8.07. The second kappa shape index (κ2) is 18.0. The number of aromatic nitrogens is 6. The number of halogens is 1. The SMILES string of the molecule is CC.Clc1cccc(-c2cnc3ccc(CC4CCN(Cc5ccccc5)CC4)nn23)c1.c1cc(-c2cnc3ccc(OC4CCCCC4)nn23)cs1. The van der Waals surface area contributed by atoms with Gasteiger partial charge in [-0.1, -0.05) is 74.3 Å². The molecule has 2 fully saturated rings. The van der Waals surface area contributed by atoms with Gasteiger partial charge < -0.3 is 4.74 Å². The summed E-state index contributed by atoms with van der Waals surface area (Å²) in [5.74, 6) is 1.38. The fourth-order valence-electron chi connectivity index (χ4n) is 7.23. The molecule has 7 aromatic rings. The Kier molecular flexibility index (Phi) is 12.5. The van der Waals surface area contributed by atoms with Gasteiger partial charge in [0.15, 0.2) is 11.3 Å². The van der Waals surface area contributed by atoms with Crippen molar-refractivity contribution in [2.24, 2.45) is 5.92 Å². The van der Waals surface area contributed by atoms with Crippen LogP contribution in [0.2, 0.25) is 5.02 Å². The summed E-state index contributed by atoms with van der Waals surface area (Å²) in [6.45, 7) is 7.36. The van der Waals surface area contributed by atoms with E-state index in [-0.39, 0.29) is 0 Å². The molecule has 53 heavy (non-hydrogen) atoms. The van der Waals surface area contributed by atoms with Gasteiger partial charge in [0.25, 0.3) is 0 Å². The molecule has 0 radical (unpaired) electrons. The summed E-state index contributed by atoms with van der Waals surface area (Å²) in [6, 6.07) is 28.8. The molecule has 8 nitrogen and oxygen atoms in total. The predicted molar refractivity (Wildman–Crippen MR) is 217 cm³/mol. The van der Waals surface area contributed by atoms with Crippen LogP contribution in [0.5, 0.6) is 5.88 Å². The van der Waals surface area contributed by atoms with Gasteiger partial charge in [0.1, 0.15) is 6.10 Å².